The summed E-state index contributed by atoms with van der Waals surface area (Å²) in [6.07, 6.45) is 0.575. The first kappa shape index (κ1) is 23.8. The van der Waals surface area contributed by atoms with E-state index in [-0.39, 0.29) is 11.4 Å². The average molecular weight is 505 g/mol. The summed E-state index contributed by atoms with van der Waals surface area (Å²) in [4.78, 5) is 20.1. The Balaban J connectivity index is 2.02. The summed E-state index contributed by atoms with van der Waals surface area (Å²) in [7, 11) is 1.97. The number of aromatic nitrogens is 1. The maximum atomic E-state index is 12.9. The highest BCUT2D eigenvalue weighted by Gasteiger charge is 2.41. The highest BCUT2D eigenvalue weighted by atomic mass is 35.5. The number of carbonyl (C=O) groups excluding carboxylic acids is 1. The van der Waals surface area contributed by atoms with Gasteiger partial charge in [-0.05, 0) is 62.2 Å². The summed E-state index contributed by atoms with van der Waals surface area (Å²) in [5.41, 5.74) is 3.60. The van der Waals surface area contributed by atoms with Gasteiger partial charge in [-0.1, -0.05) is 46.9 Å². The molecule has 3 aromatic rings. The van der Waals surface area contributed by atoms with Gasteiger partial charge in [-0.3, -0.25) is 4.79 Å². The van der Waals surface area contributed by atoms with Gasteiger partial charge < -0.3 is 15.3 Å². The molecule has 0 bridgehead atoms. The van der Waals surface area contributed by atoms with Crippen LogP contribution in [-0.2, 0) is 4.79 Å². The van der Waals surface area contributed by atoms with Gasteiger partial charge in [-0.25, -0.2) is 4.98 Å². The molecule has 172 valence electrons. The molecule has 1 aliphatic rings. The Morgan fingerprint density at radius 3 is 2.39 bits per heavy atom. The van der Waals surface area contributed by atoms with Crippen LogP contribution in [0, 0.1) is 0 Å². The van der Waals surface area contributed by atoms with E-state index < -0.39 is 12.6 Å². The predicted octanol–water partition coefficient (Wildman–Crippen LogP) is 6.14. The van der Waals surface area contributed by atoms with Crippen molar-refractivity contribution in [2.75, 3.05) is 18.7 Å². The second kappa shape index (κ2) is 9.15. The Morgan fingerprint density at radius 1 is 1.09 bits per heavy atom. The lowest BCUT2D eigenvalue weighted by molar-refractivity contribution is -0.124. The lowest BCUT2D eigenvalue weighted by Gasteiger charge is -2.45. The van der Waals surface area contributed by atoms with Gasteiger partial charge in [0.2, 0.25) is 5.91 Å². The molecule has 1 amide bonds. The van der Waals surface area contributed by atoms with Crippen LogP contribution in [0.3, 0.4) is 0 Å². The number of nitrogens with zero attached hydrogens (tertiary/aromatic N) is 2. The Hall–Kier alpha value is -2.31. The molecule has 0 saturated carbocycles. The molecule has 0 spiro atoms. The van der Waals surface area contributed by atoms with Crippen LogP contribution in [0.15, 0.2) is 48.5 Å². The zero-order chi connectivity index (χ0) is 23.9. The Morgan fingerprint density at radius 2 is 1.76 bits per heavy atom. The smallest absolute Gasteiger partial charge is 0.229 e. The number of aliphatic hydroxyl groups is 1. The van der Waals surface area contributed by atoms with Crippen LogP contribution in [-0.4, -0.2) is 35.3 Å². The number of halogens is 3. The lowest BCUT2D eigenvalue weighted by atomic mass is 9.79. The van der Waals surface area contributed by atoms with E-state index in [1.54, 1.807) is 12.1 Å². The highest BCUT2D eigenvalue weighted by Crippen LogP contribution is 2.46. The van der Waals surface area contributed by atoms with Crippen molar-refractivity contribution >= 4 is 46.5 Å². The van der Waals surface area contributed by atoms with E-state index >= 15 is 0 Å². The van der Waals surface area contributed by atoms with Crippen LogP contribution in [0.4, 0.5) is 5.82 Å². The van der Waals surface area contributed by atoms with Gasteiger partial charge in [0, 0.05) is 39.3 Å². The zero-order valence-corrected chi connectivity index (χ0v) is 20.8. The number of hydrogen-bond donors (Lipinski definition) is 2. The van der Waals surface area contributed by atoms with Crippen molar-refractivity contribution in [1.29, 1.82) is 0 Å². The van der Waals surface area contributed by atoms with Gasteiger partial charge in [0.25, 0.3) is 0 Å². The van der Waals surface area contributed by atoms with E-state index in [0.717, 1.165) is 22.3 Å². The first-order valence-electron chi connectivity index (χ1n) is 10.5. The van der Waals surface area contributed by atoms with Crippen molar-refractivity contribution in [2.45, 2.75) is 31.7 Å². The number of hydrogen-bond acceptors (Lipinski definition) is 4. The fourth-order valence-corrected chi connectivity index (χ4v) is 4.87. The largest absolute Gasteiger partial charge is 0.377 e. The second-order valence-corrected chi connectivity index (χ2v) is 10.0. The number of pyridine rings is 1. The monoisotopic (exact) mass is 503 g/mol. The number of nitrogens with one attached hydrogen (secondary N) is 1. The molecule has 1 unspecified atom stereocenters. The fraction of sp³-hybridized carbons (Fsp3) is 0.280. The van der Waals surface area contributed by atoms with Gasteiger partial charge in [0.05, 0.1) is 16.6 Å². The Labute approximate surface area is 208 Å². The van der Waals surface area contributed by atoms with E-state index in [1.807, 2.05) is 43.4 Å². The number of fused-ring (bicyclic) bond motifs is 1. The van der Waals surface area contributed by atoms with Crippen molar-refractivity contribution in [3.63, 3.8) is 0 Å². The molecule has 0 fully saturated rings. The average Bonchev–Trinajstić information content (AvgIpc) is 2.76. The number of benzene rings is 2. The van der Waals surface area contributed by atoms with Crippen LogP contribution >= 0.6 is 34.8 Å². The third-order valence-electron chi connectivity index (χ3n) is 6.25. The second-order valence-electron chi connectivity index (χ2n) is 8.76. The zero-order valence-electron chi connectivity index (χ0n) is 18.5. The van der Waals surface area contributed by atoms with Gasteiger partial charge in [0.15, 0.2) is 0 Å². The summed E-state index contributed by atoms with van der Waals surface area (Å²) in [5.74, 6) is -0.00392. The van der Waals surface area contributed by atoms with E-state index in [0.29, 0.717) is 33.0 Å². The molecular weight excluding hydrogens is 481 g/mol. The molecule has 0 radical (unpaired) electrons. The van der Waals surface area contributed by atoms with Crippen LogP contribution in [0.5, 0.6) is 0 Å². The van der Waals surface area contributed by atoms with Gasteiger partial charge >= 0.3 is 0 Å². The summed E-state index contributed by atoms with van der Waals surface area (Å²) >= 11 is 18.9. The molecule has 2 N–H and O–H groups in total. The normalized spacial score (nSPS) is 16.9. The Kier molecular flexibility index (Phi) is 6.61. The number of aliphatic hydroxyl groups excluding tert-OH is 1. The summed E-state index contributed by atoms with van der Waals surface area (Å²) in [6, 6.07) is 14.8. The summed E-state index contributed by atoms with van der Waals surface area (Å²) in [5, 5.41) is 13.5. The van der Waals surface area contributed by atoms with E-state index in [1.165, 1.54) is 0 Å². The lowest BCUT2D eigenvalue weighted by Crippen LogP contribution is -2.49. The maximum absolute atomic E-state index is 12.9. The quantitative estimate of drug-likeness (QED) is 0.419. The molecule has 0 saturated heterocycles. The number of rotatable bonds is 4. The molecular formula is C25H24Cl3N3O2. The Bertz CT molecular complexity index is 1210. The van der Waals surface area contributed by atoms with Crippen molar-refractivity contribution < 1.29 is 9.90 Å². The molecule has 1 atom stereocenters. The maximum Gasteiger partial charge on any atom is 0.229 e. The third-order valence-corrected chi connectivity index (χ3v) is 7.05. The van der Waals surface area contributed by atoms with E-state index in [2.05, 4.69) is 24.1 Å². The van der Waals surface area contributed by atoms with Crippen LogP contribution in [0.25, 0.3) is 22.4 Å². The fourth-order valence-electron chi connectivity index (χ4n) is 4.25. The van der Waals surface area contributed by atoms with Crippen LogP contribution in [0.2, 0.25) is 15.1 Å². The standard InChI is InChI=1S/C25H24Cl3N3O2/c1-25(2)12-20(24(33)29-13-32)19-11-18(14-4-6-15(26)7-5-14)22(30-23(19)31(25)3)17-9-8-16(27)10-21(17)28/h4-11,20,32H,12-13H2,1-3H3,(H,29,33). The first-order valence-corrected chi connectivity index (χ1v) is 11.6. The molecule has 1 aliphatic heterocycles. The summed E-state index contributed by atoms with van der Waals surface area (Å²) < 4.78 is 0. The van der Waals surface area contributed by atoms with Crippen molar-refractivity contribution in [1.82, 2.24) is 10.3 Å². The SMILES string of the molecule is CN1c2nc(-c3ccc(Cl)cc3Cl)c(-c3ccc(Cl)cc3)cc2C(C(=O)NCO)CC1(C)C. The van der Waals surface area contributed by atoms with Crippen LogP contribution in [0.1, 0.15) is 31.7 Å². The first-order chi connectivity index (χ1) is 15.6. The molecule has 4 rings (SSSR count). The molecule has 5 nitrogen and oxygen atoms in total. The van der Waals surface area contributed by atoms with Crippen molar-refractivity contribution in [2.24, 2.45) is 0 Å². The number of anilines is 1. The number of amides is 1. The minimum Gasteiger partial charge on any atom is -0.377 e. The van der Waals surface area contributed by atoms with Gasteiger partial charge in [-0.2, -0.15) is 0 Å². The molecule has 33 heavy (non-hydrogen) atoms. The van der Waals surface area contributed by atoms with Crippen molar-refractivity contribution in [3.05, 3.63) is 69.2 Å². The molecule has 8 heteroatoms. The highest BCUT2D eigenvalue weighted by molar-refractivity contribution is 6.36. The molecule has 1 aromatic heterocycles. The van der Waals surface area contributed by atoms with Gasteiger partial charge in [0.1, 0.15) is 12.5 Å². The van der Waals surface area contributed by atoms with E-state index in [9.17, 15) is 9.90 Å². The third kappa shape index (κ3) is 4.56. The molecule has 2 aromatic carbocycles. The topological polar surface area (TPSA) is 65.5 Å². The minimum atomic E-state index is -0.466. The summed E-state index contributed by atoms with van der Waals surface area (Å²) in [6.45, 7) is 3.72. The van der Waals surface area contributed by atoms with Crippen molar-refractivity contribution in [3.8, 4) is 22.4 Å². The molecule has 0 aliphatic carbocycles. The minimum absolute atomic E-state index is 0.235. The predicted molar refractivity (Wildman–Crippen MR) is 135 cm³/mol. The van der Waals surface area contributed by atoms with Crippen LogP contribution < -0.4 is 10.2 Å². The van der Waals surface area contributed by atoms with E-state index in [4.69, 9.17) is 39.8 Å². The molecule has 2 heterocycles. The van der Waals surface area contributed by atoms with Gasteiger partial charge in [-0.15, -0.1) is 0 Å². The number of carbonyl (C=O) groups is 1.